The first-order chi connectivity index (χ1) is 11.0. The molecule has 1 atom stereocenters. The number of hydrogen-bond acceptors (Lipinski definition) is 4. The number of ketones is 1. The van der Waals surface area contributed by atoms with Crippen molar-refractivity contribution in [3.05, 3.63) is 35.1 Å². The van der Waals surface area contributed by atoms with Gasteiger partial charge >= 0.3 is 0 Å². The predicted molar refractivity (Wildman–Crippen MR) is 88.3 cm³/mol. The molecule has 1 saturated heterocycles. The zero-order valence-corrected chi connectivity index (χ0v) is 13.5. The number of ether oxygens (including phenoxy) is 1. The highest BCUT2D eigenvalue weighted by atomic mass is 16.5. The summed E-state index contributed by atoms with van der Waals surface area (Å²) in [6.07, 6.45) is 4.16. The second-order valence-electron chi connectivity index (χ2n) is 6.81. The molecule has 3 rings (SSSR count). The maximum absolute atomic E-state index is 12.6. The molecule has 2 N–H and O–H groups in total. The molecule has 2 aliphatic rings. The van der Waals surface area contributed by atoms with Gasteiger partial charge < -0.3 is 14.9 Å². The van der Waals surface area contributed by atoms with Gasteiger partial charge in [0, 0.05) is 26.1 Å². The molecule has 1 aliphatic carbocycles. The Bertz CT molecular complexity index is 626. The van der Waals surface area contributed by atoms with Gasteiger partial charge in [0.15, 0.2) is 5.78 Å². The van der Waals surface area contributed by atoms with E-state index in [1.807, 2.05) is 6.92 Å². The maximum Gasteiger partial charge on any atom is 0.167 e. The summed E-state index contributed by atoms with van der Waals surface area (Å²) in [7, 11) is 0. The van der Waals surface area contributed by atoms with Gasteiger partial charge in [-0.2, -0.15) is 0 Å². The number of aliphatic hydroxyl groups is 1. The van der Waals surface area contributed by atoms with Gasteiger partial charge in [-0.05, 0) is 61.3 Å². The first-order valence-electron chi connectivity index (χ1n) is 8.37. The Hall–Kier alpha value is -1.81. The molecule has 0 amide bonds. The molecule has 124 valence electrons. The van der Waals surface area contributed by atoms with Crippen LogP contribution in [0.15, 0.2) is 24.0 Å². The minimum atomic E-state index is 0.0135. The van der Waals surface area contributed by atoms with Crippen molar-refractivity contribution in [2.45, 2.75) is 39.0 Å². The highest BCUT2D eigenvalue weighted by Gasteiger charge is 2.31. The predicted octanol–water partition coefficient (Wildman–Crippen LogP) is 3.77. The van der Waals surface area contributed by atoms with Crippen LogP contribution in [0, 0.1) is 18.8 Å². The molecular weight excluding hydrogens is 292 g/mol. The van der Waals surface area contributed by atoms with Crippen LogP contribution in [-0.2, 0) is 9.53 Å². The van der Waals surface area contributed by atoms with Crippen LogP contribution in [0.3, 0.4) is 0 Å². The van der Waals surface area contributed by atoms with Crippen molar-refractivity contribution in [3.63, 3.8) is 0 Å². The van der Waals surface area contributed by atoms with E-state index in [0.29, 0.717) is 24.3 Å². The molecule has 1 aliphatic heterocycles. The second-order valence-corrected chi connectivity index (χ2v) is 6.81. The average Bonchev–Trinajstić information content (AvgIpc) is 2.50. The summed E-state index contributed by atoms with van der Waals surface area (Å²) in [5.41, 5.74) is 1.98. The second kappa shape index (κ2) is 6.75. The van der Waals surface area contributed by atoms with E-state index < -0.39 is 0 Å². The number of carbonyl (C=O) groups excluding carboxylic acids is 1. The van der Waals surface area contributed by atoms with Crippen molar-refractivity contribution >= 4 is 11.4 Å². The van der Waals surface area contributed by atoms with Crippen LogP contribution in [0.25, 0.3) is 5.57 Å². The van der Waals surface area contributed by atoms with Gasteiger partial charge in [-0.3, -0.25) is 4.79 Å². The summed E-state index contributed by atoms with van der Waals surface area (Å²) in [5, 5.41) is 20.0. The zero-order chi connectivity index (χ0) is 16.4. The maximum atomic E-state index is 12.6. The standard InChI is InChI=1S/C19H24O4/c1-12-8-15(20)2-3-16(12)19-17(21)10-14(11-18(19)22)9-13-4-6-23-7-5-13/h2-3,8,13-14,20-21H,4-7,9-11H2,1H3. The molecule has 1 fully saturated rings. The van der Waals surface area contributed by atoms with Gasteiger partial charge in [0.1, 0.15) is 11.5 Å². The van der Waals surface area contributed by atoms with Crippen LogP contribution < -0.4 is 0 Å². The van der Waals surface area contributed by atoms with Crippen molar-refractivity contribution in [1.82, 2.24) is 0 Å². The Morgan fingerprint density at radius 2 is 1.87 bits per heavy atom. The lowest BCUT2D eigenvalue weighted by atomic mass is 9.78. The van der Waals surface area contributed by atoms with Crippen molar-refractivity contribution < 1.29 is 19.7 Å². The third-order valence-corrected chi connectivity index (χ3v) is 5.01. The summed E-state index contributed by atoms with van der Waals surface area (Å²) < 4.78 is 5.38. The van der Waals surface area contributed by atoms with Crippen LogP contribution in [0.1, 0.15) is 43.2 Å². The molecule has 0 radical (unpaired) electrons. The average molecular weight is 316 g/mol. The number of Topliss-reactive ketones (excluding diaryl/α,β-unsaturated/α-hetero) is 1. The number of allylic oxidation sites excluding steroid dienone is 2. The third kappa shape index (κ3) is 3.58. The molecular formula is C19H24O4. The Kier molecular flexibility index (Phi) is 4.71. The summed E-state index contributed by atoms with van der Waals surface area (Å²) >= 11 is 0. The molecule has 1 aromatic carbocycles. The zero-order valence-electron chi connectivity index (χ0n) is 13.5. The summed E-state index contributed by atoms with van der Waals surface area (Å²) in [4.78, 5) is 12.6. The molecule has 0 saturated carbocycles. The smallest absolute Gasteiger partial charge is 0.167 e. The molecule has 1 unspecified atom stereocenters. The van der Waals surface area contributed by atoms with Crippen molar-refractivity contribution in [2.75, 3.05) is 13.2 Å². The number of aliphatic hydroxyl groups excluding tert-OH is 1. The largest absolute Gasteiger partial charge is 0.512 e. The lowest BCUT2D eigenvalue weighted by molar-refractivity contribution is -0.115. The highest BCUT2D eigenvalue weighted by molar-refractivity contribution is 6.22. The van der Waals surface area contributed by atoms with Gasteiger partial charge in [-0.15, -0.1) is 0 Å². The minimum absolute atomic E-state index is 0.0135. The fourth-order valence-electron chi connectivity index (χ4n) is 3.83. The van der Waals surface area contributed by atoms with Crippen LogP contribution in [-0.4, -0.2) is 29.2 Å². The first-order valence-corrected chi connectivity index (χ1v) is 8.37. The van der Waals surface area contributed by atoms with E-state index in [1.54, 1.807) is 18.2 Å². The lowest BCUT2D eigenvalue weighted by Gasteiger charge is -2.29. The summed E-state index contributed by atoms with van der Waals surface area (Å²) in [6, 6.07) is 4.90. The number of carbonyl (C=O) groups is 1. The minimum Gasteiger partial charge on any atom is -0.512 e. The number of aryl methyl sites for hydroxylation is 1. The van der Waals surface area contributed by atoms with E-state index in [1.165, 1.54) is 0 Å². The van der Waals surface area contributed by atoms with E-state index in [9.17, 15) is 15.0 Å². The van der Waals surface area contributed by atoms with Crippen LogP contribution in [0.2, 0.25) is 0 Å². The van der Waals surface area contributed by atoms with Crippen molar-refractivity contribution in [1.29, 1.82) is 0 Å². The number of phenols is 1. The Morgan fingerprint density at radius 1 is 1.13 bits per heavy atom. The lowest BCUT2D eigenvalue weighted by Crippen LogP contribution is -2.24. The normalized spacial score (nSPS) is 23.3. The number of hydrogen-bond donors (Lipinski definition) is 2. The monoisotopic (exact) mass is 316 g/mol. The topological polar surface area (TPSA) is 66.8 Å². The molecule has 23 heavy (non-hydrogen) atoms. The molecule has 0 aromatic heterocycles. The first kappa shape index (κ1) is 16.1. The van der Waals surface area contributed by atoms with Crippen LogP contribution in [0.4, 0.5) is 0 Å². The highest BCUT2D eigenvalue weighted by Crippen LogP contribution is 2.37. The number of aromatic hydroxyl groups is 1. The van der Waals surface area contributed by atoms with Gasteiger partial charge in [0.05, 0.1) is 5.57 Å². The fraction of sp³-hybridized carbons (Fsp3) is 0.526. The molecule has 0 bridgehead atoms. The summed E-state index contributed by atoms with van der Waals surface area (Å²) in [6.45, 7) is 3.47. The Balaban J connectivity index is 1.77. The van der Waals surface area contributed by atoms with E-state index >= 15 is 0 Å². The van der Waals surface area contributed by atoms with E-state index in [2.05, 4.69) is 0 Å². The van der Waals surface area contributed by atoms with Crippen LogP contribution in [0.5, 0.6) is 5.75 Å². The fourth-order valence-corrected chi connectivity index (χ4v) is 3.83. The molecule has 0 spiro atoms. The quantitative estimate of drug-likeness (QED) is 0.891. The van der Waals surface area contributed by atoms with E-state index in [-0.39, 0.29) is 23.2 Å². The third-order valence-electron chi connectivity index (χ3n) is 5.01. The Labute approximate surface area is 136 Å². The van der Waals surface area contributed by atoms with Crippen molar-refractivity contribution in [2.24, 2.45) is 11.8 Å². The molecule has 1 heterocycles. The molecule has 1 aromatic rings. The molecule has 4 heteroatoms. The van der Waals surface area contributed by atoms with Gasteiger partial charge in [0.2, 0.25) is 0 Å². The van der Waals surface area contributed by atoms with Gasteiger partial charge in [-0.25, -0.2) is 0 Å². The van der Waals surface area contributed by atoms with E-state index in [0.717, 1.165) is 43.6 Å². The number of benzene rings is 1. The SMILES string of the molecule is Cc1cc(O)ccc1C1=C(O)CC(CC2CCOCC2)CC1=O. The van der Waals surface area contributed by atoms with E-state index in [4.69, 9.17) is 4.74 Å². The molecule has 4 nitrogen and oxygen atoms in total. The number of rotatable bonds is 3. The van der Waals surface area contributed by atoms with Crippen molar-refractivity contribution in [3.8, 4) is 5.75 Å². The van der Waals surface area contributed by atoms with Crippen LogP contribution >= 0.6 is 0 Å². The van der Waals surface area contributed by atoms with Gasteiger partial charge in [-0.1, -0.05) is 6.07 Å². The Morgan fingerprint density at radius 3 is 2.52 bits per heavy atom. The number of phenolic OH excluding ortho intramolecular Hbond substituents is 1. The van der Waals surface area contributed by atoms with Gasteiger partial charge in [0.25, 0.3) is 0 Å². The summed E-state index contributed by atoms with van der Waals surface area (Å²) in [5.74, 6) is 1.22.